The van der Waals surface area contributed by atoms with Gasteiger partial charge in [0.25, 0.3) is 0 Å². The van der Waals surface area contributed by atoms with Gasteiger partial charge < -0.3 is 4.74 Å². The smallest absolute Gasteiger partial charge is 0.0977 e. The van der Waals surface area contributed by atoms with Crippen molar-refractivity contribution < 1.29 is 4.74 Å². The highest BCUT2D eigenvalue weighted by Gasteiger charge is 2.47. The molecule has 1 aliphatic heterocycles. The molecule has 1 fully saturated rings. The van der Waals surface area contributed by atoms with Crippen molar-refractivity contribution >= 4 is 0 Å². The quantitative estimate of drug-likeness (QED) is 0.263. The van der Waals surface area contributed by atoms with Crippen LogP contribution in [0.3, 0.4) is 0 Å². The van der Waals surface area contributed by atoms with Crippen LogP contribution in [0.4, 0.5) is 0 Å². The molecule has 1 saturated heterocycles. The second kappa shape index (κ2) is 8.89. The Kier molecular flexibility index (Phi) is 5.66. The van der Waals surface area contributed by atoms with Crippen LogP contribution in [0.15, 0.2) is 115 Å². The summed E-state index contributed by atoms with van der Waals surface area (Å²) in [5, 5.41) is 0. The summed E-state index contributed by atoms with van der Waals surface area (Å²) >= 11 is 0. The molecule has 0 amide bonds. The van der Waals surface area contributed by atoms with E-state index in [9.17, 15) is 0 Å². The summed E-state index contributed by atoms with van der Waals surface area (Å²) in [7, 11) is 0. The summed E-state index contributed by atoms with van der Waals surface area (Å²) in [6.45, 7) is 3.37. The summed E-state index contributed by atoms with van der Waals surface area (Å²) in [6, 6.07) is 40.9. The molecule has 2 nitrogen and oxygen atoms in total. The summed E-state index contributed by atoms with van der Waals surface area (Å²) < 4.78 is 6.19. The standard InChI is InChI=1S/C29H27NO/c1-4-12-24(13-5-1)22-31-23-25-14-10-11-19-28(25)29(30-20-21-30,26-15-6-2-7-16-26)27-17-8-3-9-18-27/h1-19H,20-23H2. The van der Waals surface area contributed by atoms with E-state index in [0.717, 1.165) is 13.1 Å². The zero-order valence-corrected chi connectivity index (χ0v) is 17.7. The van der Waals surface area contributed by atoms with Crippen LogP contribution in [-0.2, 0) is 23.5 Å². The van der Waals surface area contributed by atoms with Crippen molar-refractivity contribution in [1.82, 2.24) is 4.90 Å². The number of hydrogen-bond acceptors (Lipinski definition) is 2. The zero-order valence-electron chi connectivity index (χ0n) is 17.7. The molecule has 0 radical (unpaired) electrons. The van der Waals surface area contributed by atoms with Crippen molar-refractivity contribution in [3.63, 3.8) is 0 Å². The number of hydrogen-bond donors (Lipinski definition) is 0. The molecule has 0 aromatic heterocycles. The summed E-state index contributed by atoms with van der Waals surface area (Å²) in [4.78, 5) is 2.56. The van der Waals surface area contributed by atoms with E-state index in [1.807, 2.05) is 6.07 Å². The van der Waals surface area contributed by atoms with Gasteiger partial charge >= 0.3 is 0 Å². The minimum Gasteiger partial charge on any atom is -0.372 e. The van der Waals surface area contributed by atoms with Gasteiger partial charge in [-0.3, -0.25) is 4.90 Å². The topological polar surface area (TPSA) is 12.2 Å². The first-order valence-corrected chi connectivity index (χ1v) is 10.9. The predicted octanol–water partition coefficient (Wildman–Crippen LogP) is 6.01. The monoisotopic (exact) mass is 405 g/mol. The van der Waals surface area contributed by atoms with Crippen molar-refractivity contribution in [3.8, 4) is 0 Å². The molecule has 0 aliphatic carbocycles. The van der Waals surface area contributed by atoms with Crippen LogP contribution < -0.4 is 0 Å². The van der Waals surface area contributed by atoms with E-state index in [1.54, 1.807) is 0 Å². The second-order valence-electron chi connectivity index (χ2n) is 8.07. The molecule has 1 heterocycles. The molecule has 5 rings (SSSR count). The fourth-order valence-corrected chi connectivity index (χ4v) is 4.61. The van der Waals surface area contributed by atoms with Crippen LogP contribution in [0.2, 0.25) is 0 Å². The van der Waals surface area contributed by atoms with E-state index in [1.165, 1.54) is 27.8 Å². The van der Waals surface area contributed by atoms with Crippen LogP contribution in [0.5, 0.6) is 0 Å². The molecular formula is C29H27NO. The lowest BCUT2D eigenvalue weighted by molar-refractivity contribution is 0.105. The summed E-state index contributed by atoms with van der Waals surface area (Å²) in [5.41, 5.74) is 6.03. The average molecular weight is 406 g/mol. The highest BCUT2D eigenvalue weighted by atomic mass is 16.5. The maximum absolute atomic E-state index is 6.19. The Bertz CT molecular complexity index is 1070. The van der Waals surface area contributed by atoms with Gasteiger partial charge in [0.05, 0.1) is 18.8 Å². The van der Waals surface area contributed by atoms with Gasteiger partial charge in [0, 0.05) is 13.1 Å². The minimum atomic E-state index is -0.310. The number of benzene rings is 4. The lowest BCUT2D eigenvalue weighted by atomic mass is 9.75. The Balaban J connectivity index is 1.58. The fraction of sp³-hybridized carbons (Fsp3) is 0.172. The Hall–Kier alpha value is -3.20. The van der Waals surface area contributed by atoms with Crippen molar-refractivity contribution in [2.45, 2.75) is 18.8 Å². The predicted molar refractivity (Wildman–Crippen MR) is 126 cm³/mol. The molecule has 154 valence electrons. The van der Waals surface area contributed by atoms with Crippen molar-refractivity contribution in [2.24, 2.45) is 0 Å². The molecular weight excluding hydrogens is 378 g/mol. The number of nitrogens with zero attached hydrogens (tertiary/aromatic N) is 1. The molecule has 2 heteroatoms. The Morgan fingerprint density at radius 2 is 1.10 bits per heavy atom. The van der Waals surface area contributed by atoms with Gasteiger partial charge in [0.1, 0.15) is 0 Å². The molecule has 0 bridgehead atoms. The SMILES string of the molecule is c1ccc(COCc2ccccc2C(c2ccccc2)(c2ccccc2)N2CC2)cc1. The Morgan fingerprint density at radius 1 is 0.581 bits per heavy atom. The molecule has 0 spiro atoms. The molecule has 4 aromatic rings. The molecule has 0 unspecified atom stereocenters. The largest absolute Gasteiger partial charge is 0.372 e. The normalized spacial score (nSPS) is 13.8. The van der Waals surface area contributed by atoms with Gasteiger partial charge in [-0.1, -0.05) is 115 Å². The first kappa shape index (κ1) is 19.7. The van der Waals surface area contributed by atoms with Gasteiger partial charge in [-0.15, -0.1) is 0 Å². The van der Waals surface area contributed by atoms with Crippen LogP contribution in [0.25, 0.3) is 0 Å². The first-order chi connectivity index (χ1) is 15.4. The van der Waals surface area contributed by atoms with Crippen LogP contribution in [-0.4, -0.2) is 18.0 Å². The fourth-order valence-electron chi connectivity index (χ4n) is 4.61. The van der Waals surface area contributed by atoms with Gasteiger partial charge in [0.15, 0.2) is 0 Å². The van der Waals surface area contributed by atoms with Gasteiger partial charge in [-0.2, -0.15) is 0 Å². The van der Waals surface area contributed by atoms with E-state index < -0.39 is 0 Å². The molecule has 0 N–H and O–H groups in total. The third kappa shape index (κ3) is 3.93. The average Bonchev–Trinajstić information content (AvgIpc) is 3.69. The van der Waals surface area contributed by atoms with E-state index in [2.05, 4.69) is 114 Å². The first-order valence-electron chi connectivity index (χ1n) is 10.9. The summed E-state index contributed by atoms with van der Waals surface area (Å²) in [6.07, 6.45) is 0. The van der Waals surface area contributed by atoms with E-state index in [0.29, 0.717) is 13.2 Å². The molecule has 1 aliphatic rings. The lowest BCUT2D eigenvalue weighted by Crippen LogP contribution is -2.38. The molecule has 0 atom stereocenters. The van der Waals surface area contributed by atoms with Gasteiger partial charge in [0.2, 0.25) is 0 Å². The molecule has 31 heavy (non-hydrogen) atoms. The molecule has 0 saturated carbocycles. The van der Waals surface area contributed by atoms with Gasteiger partial charge in [-0.25, -0.2) is 0 Å². The highest BCUT2D eigenvalue weighted by Crippen LogP contribution is 2.46. The zero-order chi connectivity index (χ0) is 20.9. The van der Waals surface area contributed by atoms with Crippen LogP contribution in [0.1, 0.15) is 27.8 Å². The maximum atomic E-state index is 6.19. The number of ether oxygens (including phenoxy) is 1. The van der Waals surface area contributed by atoms with Crippen molar-refractivity contribution in [1.29, 1.82) is 0 Å². The second-order valence-corrected chi connectivity index (χ2v) is 8.07. The van der Waals surface area contributed by atoms with E-state index >= 15 is 0 Å². The maximum Gasteiger partial charge on any atom is 0.0977 e. The van der Waals surface area contributed by atoms with E-state index in [-0.39, 0.29) is 5.54 Å². The lowest BCUT2D eigenvalue weighted by Gasteiger charge is -2.39. The third-order valence-electron chi connectivity index (χ3n) is 6.08. The van der Waals surface area contributed by atoms with Crippen LogP contribution in [0, 0.1) is 0 Å². The molecule has 4 aromatic carbocycles. The summed E-state index contributed by atoms with van der Waals surface area (Å²) in [5.74, 6) is 0. The van der Waals surface area contributed by atoms with Crippen molar-refractivity contribution in [2.75, 3.05) is 13.1 Å². The third-order valence-corrected chi connectivity index (χ3v) is 6.08. The minimum absolute atomic E-state index is 0.310. The Morgan fingerprint density at radius 3 is 1.68 bits per heavy atom. The highest BCUT2D eigenvalue weighted by molar-refractivity contribution is 5.53. The Labute approximate surface area is 184 Å². The van der Waals surface area contributed by atoms with Gasteiger partial charge in [-0.05, 0) is 27.8 Å². The number of rotatable bonds is 8. The van der Waals surface area contributed by atoms with E-state index in [4.69, 9.17) is 4.74 Å². The van der Waals surface area contributed by atoms with Crippen molar-refractivity contribution in [3.05, 3.63) is 143 Å². The van der Waals surface area contributed by atoms with Crippen LogP contribution >= 0.6 is 0 Å².